The molecule has 0 radical (unpaired) electrons. The van der Waals surface area contributed by atoms with E-state index in [2.05, 4.69) is 22.1 Å². The second kappa shape index (κ2) is 3.62. The first-order valence-electron chi connectivity index (χ1n) is 4.26. The second-order valence-electron chi connectivity index (χ2n) is 2.81. The molecular formula is C8H10N4S2. The van der Waals surface area contributed by atoms with Gasteiger partial charge in [0.05, 0.1) is 15.6 Å². The van der Waals surface area contributed by atoms with Crippen LogP contribution >= 0.6 is 22.7 Å². The van der Waals surface area contributed by atoms with E-state index < -0.39 is 0 Å². The van der Waals surface area contributed by atoms with Crippen molar-refractivity contribution in [1.29, 1.82) is 0 Å². The predicted molar refractivity (Wildman–Crippen MR) is 59.5 cm³/mol. The number of aryl methyl sites for hydroxylation is 2. The van der Waals surface area contributed by atoms with Crippen LogP contribution in [0, 0.1) is 6.92 Å². The van der Waals surface area contributed by atoms with E-state index in [-0.39, 0.29) is 0 Å². The van der Waals surface area contributed by atoms with Crippen LogP contribution in [0.3, 0.4) is 0 Å². The maximum absolute atomic E-state index is 5.54. The minimum Gasteiger partial charge on any atom is -0.374 e. The molecule has 6 heteroatoms. The Bertz CT molecular complexity index is 446. The van der Waals surface area contributed by atoms with Gasteiger partial charge in [-0.05, 0) is 13.3 Å². The highest BCUT2D eigenvalue weighted by Crippen LogP contribution is 2.33. The third-order valence-electron chi connectivity index (χ3n) is 1.77. The lowest BCUT2D eigenvalue weighted by Crippen LogP contribution is -1.83. The molecule has 2 heterocycles. The Morgan fingerprint density at radius 1 is 1.29 bits per heavy atom. The maximum atomic E-state index is 5.54. The first kappa shape index (κ1) is 9.54. The van der Waals surface area contributed by atoms with E-state index in [1.165, 1.54) is 11.3 Å². The molecule has 0 saturated heterocycles. The molecule has 0 amide bonds. The minimum atomic E-state index is 0.508. The number of nitrogen functional groups attached to an aromatic ring is 1. The summed E-state index contributed by atoms with van der Waals surface area (Å²) in [7, 11) is 0. The van der Waals surface area contributed by atoms with Gasteiger partial charge in [0, 0.05) is 0 Å². The van der Waals surface area contributed by atoms with E-state index in [0.29, 0.717) is 5.13 Å². The van der Waals surface area contributed by atoms with Crippen molar-refractivity contribution in [3.63, 3.8) is 0 Å². The summed E-state index contributed by atoms with van der Waals surface area (Å²) < 4.78 is 0. The number of rotatable bonds is 2. The third-order valence-corrected chi connectivity index (χ3v) is 3.69. The average Bonchev–Trinajstić information content (AvgIpc) is 2.71. The van der Waals surface area contributed by atoms with Crippen LogP contribution in [0.1, 0.15) is 17.6 Å². The molecule has 0 aliphatic heterocycles. The smallest absolute Gasteiger partial charge is 0.203 e. The van der Waals surface area contributed by atoms with Gasteiger partial charge in [0.15, 0.2) is 5.01 Å². The summed E-state index contributed by atoms with van der Waals surface area (Å²) in [5.41, 5.74) is 6.63. The van der Waals surface area contributed by atoms with Gasteiger partial charge in [-0.15, -0.1) is 21.5 Å². The van der Waals surface area contributed by atoms with Crippen molar-refractivity contribution in [2.75, 3.05) is 5.73 Å². The zero-order valence-electron chi connectivity index (χ0n) is 7.94. The van der Waals surface area contributed by atoms with Crippen LogP contribution in [0.5, 0.6) is 0 Å². The van der Waals surface area contributed by atoms with Crippen molar-refractivity contribution in [2.24, 2.45) is 0 Å². The molecule has 0 spiro atoms. The maximum Gasteiger partial charge on any atom is 0.203 e. The first-order valence-corrected chi connectivity index (χ1v) is 5.89. The fraction of sp³-hybridized carbons (Fsp3) is 0.375. The first-order chi connectivity index (χ1) is 6.70. The largest absolute Gasteiger partial charge is 0.374 e. The summed E-state index contributed by atoms with van der Waals surface area (Å²) in [5.74, 6) is 0. The van der Waals surface area contributed by atoms with Gasteiger partial charge < -0.3 is 5.73 Å². The van der Waals surface area contributed by atoms with Crippen LogP contribution in [0.15, 0.2) is 0 Å². The summed E-state index contributed by atoms with van der Waals surface area (Å²) >= 11 is 3.06. The lowest BCUT2D eigenvalue weighted by Gasteiger charge is -1.91. The van der Waals surface area contributed by atoms with Crippen molar-refractivity contribution < 1.29 is 0 Å². The Morgan fingerprint density at radius 3 is 2.64 bits per heavy atom. The van der Waals surface area contributed by atoms with E-state index in [4.69, 9.17) is 5.73 Å². The molecule has 0 aromatic carbocycles. The van der Waals surface area contributed by atoms with Gasteiger partial charge in [0.25, 0.3) is 0 Å². The summed E-state index contributed by atoms with van der Waals surface area (Å²) in [6.45, 7) is 4.08. The Kier molecular flexibility index (Phi) is 2.47. The molecule has 0 saturated carbocycles. The van der Waals surface area contributed by atoms with Gasteiger partial charge >= 0.3 is 0 Å². The molecule has 2 rings (SSSR count). The highest BCUT2D eigenvalue weighted by molar-refractivity contribution is 7.23. The van der Waals surface area contributed by atoms with Gasteiger partial charge in [-0.2, -0.15) is 0 Å². The number of aromatic nitrogens is 3. The molecule has 2 aromatic heterocycles. The van der Waals surface area contributed by atoms with Gasteiger partial charge in [-0.1, -0.05) is 18.3 Å². The van der Waals surface area contributed by atoms with Crippen molar-refractivity contribution >= 4 is 27.8 Å². The van der Waals surface area contributed by atoms with E-state index in [9.17, 15) is 0 Å². The normalized spacial score (nSPS) is 10.7. The van der Waals surface area contributed by atoms with Gasteiger partial charge in [-0.25, -0.2) is 4.98 Å². The van der Waals surface area contributed by atoms with Gasteiger partial charge in [0.2, 0.25) is 5.13 Å². The number of nitrogens with two attached hydrogens (primary N) is 1. The molecule has 0 aliphatic rings. The monoisotopic (exact) mass is 226 g/mol. The van der Waals surface area contributed by atoms with Crippen LogP contribution in [0.25, 0.3) is 9.88 Å². The molecule has 14 heavy (non-hydrogen) atoms. The van der Waals surface area contributed by atoms with Gasteiger partial charge in [-0.3, -0.25) is 0 Å². The fourth-order valence-corrected chi connectivity index (χ4v) is 2.91. The highest BCUT2D eigenvalue weighted by atomic mass is 32.1. The molecule has 74 valence electrons. The second-order valence-corrected chi connectivity index (χ2v) is 5.02. The van der Waals surface area contributed by atoms with Crippen LogP contribution in [-0.2, 0) is 6.42 Å². The van der Waals surface area contributed by atoms with Gasteiger partial charge in [0.1, 0.15) is 0 Å². The van der Waals surface area contributed by atoms with E-state index >= 15 is 0 Å². The Labute approximate surface area is 89.8 Å². The molecule has 0 bridgehead atoms. The molecular weight excluding hydrogens is 216 g/mol. The number of nitrogens with zero attached hydrogens (tertiary/aromatic N) is 3. The Hall–Kier alpha value is -1.01. The molecule has 0 aliphatic carbocycles. The quantitative estimate of drug-likeness (QED) is 0.851. The number of anilines is 1. The lowest BCUT2D eigenvalue weighted by atomic mass is 10.3. The van der Waals surface area contributed by atoms with Crippen molar-refractivity contribution in [3.8, 4) is 9.88 Å². The molecule has 4 nitrogen and oxygen atoms in total. The number of hydrogen-bond donors (Lipinski definition) is 1. The van der Waals surface area contributed by atoms with Crippen LogP contribution in [-0.4, -0.2) is 15.2 Å². The zero-order chi connectivity index (χ0) is 10.1. The van der Waals surface area contributed by atoms with Crippen molar-refractivity contribution in [3.05, 3.63) is 10.7 Å². The molecule has 2 N–H and O–H groups in total. The van der Waals surface area contributed by atoms with E-state index in [1.807, 2.05) is 6.92 Å². The average molecular weight is 226 g/mol. The number of thiazole rings is 1. The highest BCUT2D eigenvalue weighted by Gasteiger charge is 2.13. The van der Waals surface area contributed by atoms with Crippen molar-refractivity contribution in [2.45, 2.75) is 20.3 Å². The molecule has 0 fully saturated rings. The SMILES string of the molecule is CCc1nc(C)sc1-c1nnc(N)s1. The summed E-state index contributed by atoms with van der Waals surface area (Å²) in [6, 6.07) is 0. The van der Waals surface area contributed by atoms with Crippen LogP contribution < -0.4 is 5.73 Å². The standard InChI is InChI=1S/C8H10N4S2/c1-3-5-6(13-4(2)10-5)7-11-12-8(9)14-7/h3H2,1-2H3,(H2,9,12). The fourth-order valence-electron chi connectivity index (χ4n) is 1.20. The van der Waals surface area contributed by atoms with E-state index in [0.717, 1.165) is 27.0 Å². The summed E-state index contributed by atoms with van der Waals surface area (Å²) in [6.07, 6.45) is 0.916. The van der Waals surface area contributed by atoms with Crippen molar-refractivity contribution in [1.82, 2.24) is 15.2 Å². The summed E-state index contributed by atoms with van der Waals surface area (Å²) in [4.78, 5) is 5.54. The Morgan fingerprint density at radius 2 is 2.07 bits per heavy atom. The van der Waals surface area contributed by atoms with Crippen LogP contribution in [0.4, 0.5) is 5.13 Å². The Balaban J connectivity index is 2.49. The van der Waals surface area contributed by atoms with E-state index in [1.54, 1.807) is 11.3 Å². The molecule has 0 atom stereocenters. The summed E-state index contributed by atoms with van der Waals surface area (Å²) in [5, 5.41) is 10.3. The number of hydrogen-bond acceptors (Lipinski definition) is 6. The predicted octanol–water partition coefficient (Wildman–Crippen LogP) is 2.11. The molecule has 2 aromatic rings. The minimum absolute atomic E-state index is 0.508. The third kappa shape index (κ3) is 1.62. The topological polar surface area (TPSA) is 64.7 Å². The zero-order valence-corrected chi connectivity index (χ0v) is 9.58. The lowest BCUT2D eigenvalue weighted by molar-refractivity contribution is 1.04. The molecule has 0 unspecified atom stereocenters. The van der Waals surface area contributed by atoms with Crippen LogP contribution in [0.2, 0.25) is 0 Å².